The molecule has 5 atom stereocenters. The number of Topliss-reactive ketones (excluding diaryl/α,β-unsaturated/α-hetero) is 1. The lowest BCUT2D eigenvalue weighted by Gasteiger charge is -2.29. The van der Waals surface area contributed by atoms with E-state index in [2.05, 4.69) is 21.3 Å². The summed E-state index contributed by atoms with van der Waals surface area (Å²) in [5, 5.41) is 11.7. The Hall–Kier alpha value is -3.14. The van der Waals surface area contributed by atoms with Gasteiger partial charge in [0, 0.05) is 29.4 Å². The molecule has 0 spiro atoms. The molecule has 44 heavy (non-hydrogen) atoms. The summed E-state index contributed by atoms with van der Waals surface area (Å²) in [5.41, 5.74) is 1.09. The van der Waals surface area contributed by atoms with Gasteiger partial charge in [-0.25, -0.2) is 4.79 Å². The van der Waals surface area contributed by atoms with Gasteiger partial charge in [-0.05, 0) is 81.4 Å². The zero-order valence-corrected chi connectivity index (χ0v) is 26.0. The van der Waals surface area contributed by atoms with Crippen molar-refractivity contribution >= 4 is 41.2 Å². The molecule has 0 bridgehead atoms. The van der Waals surface area contributed by atoms with Crippen molar-refractivity contribution in [3.63, 3.8) is 0 Å². The number of nitrogens with one attached hydrogen (secondary N) is 4. The average Bonchev–Trinajstić information content (AvgIpc) is 3.57. The van der Waals surface area contributed by atoms with Crippen LogP contribution >= 0.6 is 11.6 Å². The van der Waals surface area contributed by atoms with Gasteiger partial charge in [-0.3, -0.25) is 19.2 Å². The number of ether oxygens (including phenoxy) is 1. The van der Waals surface area contributed by atoms with Gasteiger partial charge >= 0.3 is 6.09 Å². The molecule has 1 saturated heterocycles. The van der Waals surface area contributed by atoms with Crippen LogP contribution in [-0.4, -0.2) is 60.4 Å². The summed E-state index contributed by atoms with van der Waals surface area (Å²) in [5.74, 6) is -2.33. The fourth-order valence-electron chi connectivity index (χ4n) is 6.96. The maximum atomic E-state index is 13.8. The van der Waals surface area contributed by atoms with E-state index >= 15 is 0 Å². The van der Waals surface area contributed by atoms with Crippen LogP contribution in [0.2, 0.25) is 5.02 Å². The summed E-state index contributed by atoms with van der Waals surface area (Å²) in [6, 6.07) is 5.57. The topological polar surface area (TPSA) is 143 Å². The highest BCUT2D eigenvalue weighted by atomic mass is 35.5. The van der Waals surface area contributed by atoms with Crippen molar-refractivity contribution in [2.24, 2.45) is 17.8 Å². The van der Waals surface area contributed by atoms with Crippen molar-refractivity contribution < 1.29 is 28.7 Å². The number of benzene rings is 1. The minimum absolute atomic E-state index is 0.0219. The molecule has 4 amide bonds. The van der Waals surface area contributed by atoms with Crippen molar-refractivity contribution in [3.8, 4) is 0 Å². The second kappa shape index (κ2) is 15.2. The molecule has 11 heteroatoms. The van der Waals surface area contributed by atoms with Crippen LogP contribution in [-0.2, 0) is 30.3 Å². The molecule has 0 aromatic heterocycles. The van der Waals surface area contributed by atoms with Crippen LogP contribution in [0, 0.1) is 17.8 Å². The first-order chi connectivity index (χ1) is 21.2. The Bertz CT molecular complexity index is 1220. The van der Waals surface area contributed by atoms with Gasteiger partial charge in [0.15, 0.2) is 0 Å². The molecule has 4 fully saturated rings. The Morgan fingerprint density at radius 2 is 1.70 bits per heavy atom. The lowest BCUT2D eigenvalue weighted by Crippen LogP contribution is -2.55. The van der Waals surface area contributed by atoms with Crippen LogP contribution < -0.4 is 21.3 Å². The standard InChI is InChI=1S/C33H45ClN4O6/c34-24-10-4-8-21(17-24)16-22-9-5-11-28(22)44-33(43)38-27(18-20-6-2-1-3-7-20)31(41)37-26(19-23-14-15-35-30(23)40)29(39)32(42)36-25-12-13-25/h4,8,10,17,20,22-23,25-28H,1-3,5-7,9,11-16,18-19H2,(H,35,40)(H,36,42)(H,37,41)(H,38,43)/t22?,23-,26-,27-,28?/m0/s1. The summed E-state index contributed by atoms with van der Waals surface area (Å²) in [6.45, 7) is 0.490. The molecule has 1 heterocycles. The molecule has 1 aromatic rings. The molecule has 2 unspecified atom stereocenters. The number of ketones is 1. The zero-order valence-electron chi connectivity index (χ0n) is 25.3. The highest BCUT2D eigenvalue weighted by molar-refractivity contribution is 6.38. The van der Waals surface area contributed by atoms with E-state index in [9.17, 15) is 24.0 Å². The van der Waals surface area contributed by atoms with E-state index in [1.165, 1.54) is 0 Å². The molecule has 10 nitrogen and oxygen atoms in total. The number of amides is 4. The molecule has 0 radical (unpaired) electrons. The Balaban J connectivity index is 1.25. The first-order valence-corrected chi connectivity index (χ1v) is 16.8. The van der Waals surface area contributed by atoms with Crippen molar-refractivity contribution in [2.75, 3.05) is 6.54 Å². The second-order valence-electron chi connectivity index (χ2n) is 13.1. The maximum Gasteiger partial charge on any atom is 0.408 e. The summed E-state index contributed by atoms with van der Waals surface area (Å²) in [7, 11) is 0. The minimum Gasteiger partial charge on any atom is -0.446 e. The van der Waals surface area contributed by atoms with Crippen molar-refractivity contribution in [2.45, 2.75) is 114 Å². The quantitative estimate of drug-likeness (QED) is 0.244. The fourth-order valence-corrected chi connectivity index (χ4v) is 7.17. The number of hydrogen-bond acceptors (Lipinski definition) is 6. The van der Waals surface area contributed by atoms with E-state index in [-0.39, 0.29) is 36.3 Å². The van der Waals surface area contributed by atoms with Crippen molar-refractivity contribution in [1.29, 1.82) is 0 Å². The first kappa shape index (κ1) is 32.3. The summed E-state index contributed by atoms with van der Waals surface area (Å²) < 4.78 is 5.91. The SMILES string of the molecule is O=C(N[C@@H](CC1CCCCC1)C(=O)N[C@@H](C[C@@H]1CCNC1=O)C(=O)C(=O)NC1CC1)OC1CCCC1Cc1cccc(Cl)c1. The smallest absolute Gasteiger partial charge is 0.408 e. The highest BCUT2D eigenvalue weighted by Crippen LogP contribution is 2.32. The van der Waals surface area contributed by atoms with Gasteiger partial charge in [0.05, 0.1) is 6.04 Å². The molecular formula is C33H45ClN4O6. The predicted molar refractivity (Wildman–Crippen MR) is 165 cm³/mol. The van der Waals surface area contributed by atoms with Crippen LogP contribution in [0.4, 0.5) is 4.79 Å². The van der Waals surface area contributed by atoms with Gasteiger partial charge in [-0.2, -0.15) is 0 Å². The molecule has 4 aliphatic rings. The first-order valence-electron chi connectivity index (χ1n) is 16.4. The molecule has 1 aliphatic heterocycles. The van der Waals surface area contributed by atoms with E-state index in [0.29, 0.717) is 24.4 Å². The Morgan fingerprint density at radius 3 is 2.41 bits per heavy atom. The summed E-state index contributed by atoms with van der Waals surface area (Å²) in [4.78, 5) is 65.3. The minimum atomic E-state index is -1.17. The highest BCUT2D eigenvalue weighted by Gasteiger charge is 2.38. The van der Waals surface area contributed by atoms with Crippen molar-refractivity contribution in [1.82, 2.24) is 21.3 Å². The van der Waals surface area contributed by atoms with Gasteiger partial charge < -0.3 is 26.0 Å². The van der Waals surface area contributed by atoms with Gasteiger partial charge in [-0.1, -0.05) is 55.8 Å². The van der Waals surface area contributed by atoms with Crippen LogP contribution in [0.15, 0.2) is 24.3 Å². The third-order valence-corrected chi connectivity index (χ3v) is 9.82. The fraction of sp³-hybridized carbons (Fsp3) is 0.667. The molecular weight excluding hydrogens is 584 g/mol. The van der Waals surface area contributed by atoms with E-state index in [4.69, 9.17) is 16.3 Å². The van der Waals surface area contributed by atoms with E-state index in [0.717, 1.165) is 76.2 Å². The van der Waals surface area contributed by atoms with Gasteiger partial charge in [0.1, 0.15) is 12.1 Å². The van der Waals surface area contributed by atoms with Gasteiger partial charge in [0.25, 0.3) is 5.91 Å². The average molecular weight is 629 g/mol. The molecule has 3 saturated carbocycles. The van der Waals surface area contributed by atoms with Crippen LogP contribution in [0.5, 0.6) is 0 Å². The molecule has 240 valence electrons. The molecule has 4 N–H and O–H groups in total. The number of alkyl carbamates (subject to hydrolysis) is 1. The zero-order chi connectivity index (χ0) is 31.1. The van der Waals surface area contributed by atoms with E-state index < -0.39 is 41.7 Å². The molecule has 1 aromatic carbocycles. The summed E-state index contributed by atoms with van der Waals surface area (Å²) in [6.07, 6.45) is 10.2. The Kier molecular flexibility index (Phi) is 11.2. The number of halogens is 1. The largest absolute Gasteiger partial charge is 0.446 e. The lowest BCUT2D eigenvalue weighted by molar-refractivity contribution is -0.141. The number of carbonyl (C=O) groups excluding carboxylic acids is 5. The monoisotopic (exact) mass is 628 g/mol. The van der Waals surface area contributed by atoms with Crippen molar-refractivity contribution in [3.05, 3.63) is 34.9 Å². The van der Waals surface area contributed by atoms with Crippen LogP contribution in [0.3, 0.4) is 0 Å². The number of carbonyl (C=O) groups is 5. The third-order valence-electron chi connectivity index (χ3n) is 9.59. The predicted octanol–water partition coefficient (Wildman–Crippen LogP) is 3.98. The van der Waals surface area contributed by atoms with Crippen LogP contribution in [0.1, 0.15) is 89.0 Å². The molecule has 5 rings (SSSR count). The van der Waals surface area contributed by atoms with Gasteiger partial charge in [0.2, 0.25) is 17.6 Å². The van der Waals surface area contributed by atoms with Gasteiger partial charge in [-0.15, -0.1) is 0 Å². The normalized spacial score (nSPS) is 25.0. The lowest BCUT2D eigenvalue weighted by atomic mass is 9.84. The third kappa shape index (κ3) is 9.19. The number of hydrogen-bond donors (Lipinski definition) is 4. The Morgan fingerprint density at radius 1 is 0.909 bits per heavy atom. The second-order valence-corrected chi connectivity index (χ2v) is 13.5. The van der Waals surface area contributed by atoms with E-state index in [1.807, 2.05) is 24.3 Å². The maximum absolute atomic E-state index is 13.8. The Labute approximate surface area is 264 Å². The number of rotatable bonds is 13. The van der Waals surface area contributed by atoms with E-state index in [1.54, 1.807) is 0 Å². The summed E-state index contributed by atoms with van der Waals surface area (Å²) >= 11 is 6.17. The van der Waals surface area contributed by atoms with Crippen LogP contribution in [0.25, 0.3) is 0 Å². The molecule has 3 aliphatic carbocycles.